The van der Waals surface area contributed by atoms with Crippen molar-refractivity contribution in [3.63, 3.8) is 0 Å². The van der Waals surface area contributed by atoms with E-state index >= 15 is 0 Å². The predicted octanol–water partition coefficient (Wildman–Crippen LogP) is 3.60. The zero-order valence-corrected chi connectivity index (χ0v) is 11.0. The van der Waals surface area contributed by atoms with Crippen LogP contribution in [0.4, 0.5) is 14.9 Å². The molecule has 0 saturated carbocycles. The highest BCUT2D eigenvalue weighted by Crippen LogP contribution is 2.17. The van der Waals surface area contributed by atoms with Crippen molar-refractivity contribution >= 4 is 24.4 Å². The monoisotopic (exact) mass is 257 g/mol. The molecule has 0 aliphatic carbocycles. The van der Waals surface area contributed by atoms with Crippen LogP contribution >= 0.6 is 12.6 Å². The van der Waals surface area contributed by atoms with Crippen LogP contribution in [0.25, 0.3) is 0 Å². The number of amides is 1. The third kappa shape index (κ3) is 4.65. The largest absolute Gasteiger partial charge is 0.444 e. The summed E-state index contributed by atoms with van der Waals surface area (Å²) in [6.45, 7) is 5.28. The molecular weight excluding hydrogens is 241 g/mol. The summed E-state index contributed by atoms with van der Waals surface area (Å²) < 4.78 is 18.4. The lowest BCUT2D eigenvalue weighted by Gasteiger charge is -2.19. The highest BCUT2D eigenvalue weighted by atomic mass is 32.1. The van der Waals surface area contributed by atoms with Crippen LogP contribution < -0.4 is 5.32 Å². The van der Waals surface area contributed by atoms with Crippen molar-refractivity contribution in [2.24, 2.45) is 0 Å². The van der Waals surface area contributed by atoms with E-state index in [0.717, 1.165) is 0 Å². The summed E-state index contributed by atoms with van der Waals surface area (Å²) in [7, 11) is 0. The Bertz CT molecular complexity index is 415. The topological polar surface area (TPSA) is 38.3 Å². The van der Waals surface area contributed by atoms with Crippen LogP contribution in [0.15, 0.2) is 18.2 Å². The van der Waals surface area contributed by atoms with Gasteiger partial charge >= 0.3 is 6.09 Å². The fourth-order valence-electron chi connectivity index (χ4n) is 1.17. The van der Waals surface area contributed by atoms with Crippen molar-refractivity contribution in [1.82, 2.24) is 0 Å². The predicted molar refractivity (Wildman–Crippen MR) is 68.9 cm³/mol. The maximum atomic E-state index is 13.4. The van der Waals surface area contributed by atoms with Gasteiger partial charge in [0.1, 0.15) is 11.4 Å². The van der Waals surface area contributed by atoms with Crippen LogP contribution in [0.1, 0.15) is 26.3 Å². The summed E-state index contributed by atoms with van der Waals surface area (Å²) in [4.78, 5) is 11.4. The molecule has 0 atom stereocenters. The first-order chi connectivity index (χ1) is 7.81. The molecule has 0 saturated heterocycles. The molecule has 0 spiro atoms. The van der Waals surface area contributed by atoms with Gasteiger partial charge in [0.15, 0.2) is 0 Å². The maximum Gasteiger partial charge on any atom is 0.412 e. The molecule has 1 amide bonds. The van der Waals surface area contributed by atoms with Crippen LogP contribution in [-0.4, -0.2) is 11.7 Å². The van der Waals surface area contributed by atoms with E-state index in [0.29, 0.717) is 17.0 Å². The normalized spacial score (nSPS) is 11.1. The molecule has 0 aliphatic heterocycles. The highest BCUT2D eigenvalue weighted by Gasteiger charge is 2.16. The molecule has 0 aromatic heterocycles. The number of hydrogen-bond donors (Lipinski definition) is 2. The number of ether oxygens (including phenoxy) is 1. The van der Waals surface area contributed by atoms with Crippen molar-refractivity contribution in [2.75, 3.05) is 5.32 Å². The Morgan fingerprint density at radius 3 is 2.59 bits per heavy atom. The van der Waals surface area contributed by atoms with E-state index in [9.17, 15) is 9.18 Å². The first-order valence-electron chi connectivity index (χ1n) is 5.21. The van der Waals surface area contributed by atoms with Gasteiger partial charge in [0.25, 0.3) is 0 Å². The molecule has 0 bridgehead atoms. The fourth-order valence-corrected chi connectivity index (χ4v) is 1.43. The second kappa shape index (κ2) is 5.40. The maximum absolute atomic E-state index is 13.4. The Hall–Kier alpha value is -1.23. The minimum absolute atomic E-state index is 0.318. The Morgan fingerprint density at radius 1 is 1.47 bits per heavy atom. The lowest BCUT2D eigenvalue weighted by atomic mass is 10.2. The quantitative estimate of drug-likeness (QED) is 0.794. The number of halogens is 1. The van der Waals surface area contributed by atoms with Gasteiger partial charge in [-0.25, -0.2) is 9.18 Å². The van der Waals surface area contributed by atoms with E-state index in [1.54, 1.807) is 32.9 Å². The second-order valence-electron chi connectivity index (χ2n) is 4.59. The Kier molecular flexibility index (Phi) is 4.40. The van der Waals surface area contributed by atoms with E-state index in [2.05, 4.69) is 17.9 Å². The Labute approximate surface area is 106 Å². The minimum atomic E-state index is -0.601. The Morgan fingerprint density at radius 2 is 2.12 bits per heavy atom. The van der Waals surface area contributed by atoms with Gasteiger partial charge in [0, 0.05) is 11.4 Å². The summed E-state index contributed by atoms with van der Waals surface area (Å²) in [6, 6.07) is 4.43. The number of anilines is 1. The number of benzene rings is 1. The molecule has 0 unspecified atom stereocenters. The molecule has 1 rings (SSSR count). The summed E-state index contributed by atoms with van der Waals surface area (Å²) in [5, 5.41) is 2.46. The molecule has 0 radical (unpaired) electrons. The van der Waals surface area contributed by atoms with Gasteiger partial charge in [-0.1, -0.05) is 6.07 Å². The van der Waals surface area contributed by atoms with Crippen LogP contribution in [0.3, 0.4) is 0 Å². The molecule has 3 nitrogen and oxygen atoms in total. The van der Waals surface area contributed by atoms with Gasteiger partial charge in [-0.2, -0.15) is 12.6 Å². The van der Waals surface area contributed by atoms with E-state index in [1.165, 1.54) is 6.07 Å². The van der Waals surface area contributed by atoms with Gasteiger partial charge in [-0.3, -0.25) is 5.32 Å². The van der Waals surface area contributed by atoms with Gasteiger partial charge in [0.2, 0.25) is 0 Å². The van der Waals surface area contributed by atoms with E-state index in [1.807, 2.05) is 0 Å². The lowest BCUT2D eigenvalue weighted by Crippen LogP contribution is -2.27. The number of carbonyl (C=O) groups is 1. The van der Waals surface area contributed by atoms with Crippen molar-refractivity contribution in [2.45, 2.75) is 32.1 Å². The van der Waals surface area contributed by atoms with Crippen molar-refractivity contribution < 1.29 is 13.9 Å². The van der Waals surface area contributed by atoms with Crippen LogP contribution in [0, 0.1) is 5.82 Å². The van der Waals surface area contributed by atoms with Crippen molar-refractivity contribution in [3.05, 3.63) is 29.6 Å². The molecule has 0 fully saturated rings. The van der Waals surface area contributed by atoms with Gasteiger partial charge in [-0.15, -0.1) is 0 Å². The van der Waals surface area contributed by atoms with Gasteiger partial charge in [-0.05, 0) is 38.5 Å². The number of hydrogen-bond acceptors (Lipinski definition) is 3. The molecular formula is C12H16FNO2S. The third-order valence-electron chi connectivity index (χ3n) is 1.87. The van der Waals surface area contributed by atoms with Gasteiger partial charge < -0.3 is 4.74 Å². The average Bonchev–Trinajstić information content (AvgIpc) is 2.14. The first kappa shape index (κ1) is 13.8. The third-order valence-corrected chi connectivity index (χ3v) is 2.21. The van der Waals surface area contributed by atoms with Crippen LogP contribution in [-0.2, 0) is 10.5 Å². The standard InChI is InChI=1S/C12H16FNO2S/c1-12(2,3)16-11(15)14-9-5-4-8(7-17)10(13)6-9/h4-6,17H,7H2,1-3H3,(H,14,15). The summed E-state index contributed by atoms with van der Waals surface area (Å²) in [5.74, 6) is -0.0768. The number of rotatable bonds is 2. The summed E-state index contributed by atoms with van der Waals surface area (Å²) >= 11 is 3.99. The summed E-state index contributed by atoms with van der Waals surface area (Å²) in [6.07, 6.45) is -0.601. The van der Waals surface area contributed by atoms with Crippen molar-refractivity contribution in [1.29, 1.82) is 0 Å². The molecule has 0 aliphatic rings. The molecule has 0 heterocycles. The molecule has 1 aromatic carbocycles. The zero-order chi connectivity index (χ0) is 13.1. The Balaban J connectivity index is 2.69. The smallest absolute Gasteiger partial charge is 0.412 e. The molecule has 94 valence electrons. The van der Waals surface area contributed by atoms with Crippen LogP contribution in [0.5, 0.6) is 0 Å². The molecule has 17 heavy (non-hydrogen) atoms. The number of thiol groups is 1. The second-order valence-corrected chi connectivity index (χ2v) is 4.91. The zero-order valence-electron chi connectivity index (χ0n) is 10.1. The van der Waals surface area contributed by atoms with Crippen molar-refractivity contribution in [3.8, 4) is 0 Å². The molecule has 1 aromatic rings. The fraction of sp³-hybridized carbons (Fsp3) is 0.417. The highest BCUT2D eigenvalue weighted by molar-refractivity contribution is 7.79. The number of carbonyl (C=O) groups excluding carboxylic acids is 1. The number of nitrogens with one attached hydrogen (secondary N) is 1. The van der Waals surface area contributed by atoms with Crippen LogP contribution in [0.2, 0.25) is 0 Å². The molecule has 5 heteroatoms. The minimum Gasteiger partial charge on any atom is -0.444 e. The van der Waals surface area contributed by atoms with Gasteiger partial charge in [0.05, 0.1) is 0 Å². The SMILES string of the molecule is CC(C)(C)OC(=O)Nc1ccc(CS)c(F)c1. The van der Waals surface area contributed by atoms with E-state index < -0.39 is 17.5 Å². The molecule has 1 N–H and O–H groups in total. The average molecular weight is 257 g/mol. The first-order valence-corrected chi connectivity index (χ1v) is 5.84. The van der Waals surface area contributed by atoms with E-state index in [-0.39, 0.29) is 0 Å². The lowest BCUT2D eigenvalue weighted by molar-refractivity contribution is 0.0636. The summed E-state index contributed by atoms with van der Waals surface area (Å²) in [5.41, 5.74) is 0.276. The van der Waals surface area contributed by atoms with E-state index in [4.69, 9.17) is 4.74 Å².